The molecule has 2 aliphatic heterocycles. The number of benzene rings is 1. The minimum Gasteiger partial charge on any atom is -0.341 e. The molecule has 0 N–H and O–H groups in total. The Morgan fingerprint density at radius 1 is 1.03 bits per heavy atom. The number of rotatable bonds is 3. The minimum atomic E-state index is 0.0473. The summed E-state index contributed by atoms with van der Waals surface area (Å²) in [6.45, 7) is 1.90. The lowest BCUT2D eigenvalue weighted by Crippen LogP contribution is -2.39. The number of likely N-dealkylation sites (tertiary alicyclic amines) is 1. The summed E-state index contributed by atoms with van der Waals surface area (Å²) in [4.78, 5) is 29.3. The Labute approximate surface area is 185 Å². The van der Waals surface area contributed by atoms with E-state index >= 15 is 0 Å². The first kappa shape index (κ1) is 19.2. The lowest BCUT2D eigenvalue weighted by Gasteiger charge is -2.40. The molecule has 3 fully saturated rings. The number of hydrogen-bond donors (Lipinski definition) is 0. The summed E-state index contributed by atoms with van der Waals surface area (Å²) in [6.07, 6.45) is 7.39. The lowest BCUT2D eigenvalue weighted by molar-refractivity contribution is -0.132. The summed E-state index contributed by atoms with van der Waals surface area (Å²) in [6, 6.07) is 10.8. The van der Waals surface area contributed by atoms with E-state index in [0.29, 0.717) is 17.1 Å². The van der Waals surface area contributed by atoms with Crippen molar-refractivity contribution < 1.29 is 4.79 Å². The number of aromatic nitrogens is 1. The van der Waals surface area contributed by atoms with Gasteiger partial charge in [-0.1, -0.05) is 41.7 Å². The molecular formula is C24H28N2O2S2. The first-order valence-electron chi connectivity index (χ1n) is 11.4. The highest BCUT2D eigenvalue weighted by Gasteiger charge is 2.55. The highest BCUT2D eigenvalue weighted by Crippen LogP contribution is 2.63. The molecule has 1 amide bonds. The van der Waals surface area contributed by atoms with Gasteiger partial charge in [0.1, 0.15) is 6.54 Å². The third-order valence-electron chi connectivity index (χ3n) is 7.85. The second-order valence-corrected chi connectivity index (χ2v) is 11.6. The maximum atomic E-state index is 13.1. The van der Waals surface area contributed by atoms with Crippen LogP contribution in [0.25, 0.3) is 0 Å². The van der Waals surface area contributed by atoms with E-state index in [2.05, 4.69) is 30.3 Å². The van der Waals surface area contributed by atoms with Crippen molar-refractivity contribution >= 4 is 29.0 Å². The molecule has 4 aliphatic rings. The van der Waals surface area contributed by atoms with Gasteiger partial charge in [0, 0.05) is 29.1 Å². The summed E-state index contributed by atoms with van der Waals surface area (Å²) >= 11 is 3.33. The maximum Gasteiger partial charge on any atom is 0.308 e. The summed E-state index contributed by atoms with van der Waals surface area (Å²) in [5, 5.41) is 1.69. The number of fused-ring (bicyclic) bond motifs is 6. The molecule has 2 saturated carbocycles. The molecule has 0 spiro atoms. The minimum absolute atomic E-state index is 0.0473. The van der Waals surface area contributed by atoms with Crippen molar-refractivity contribution in [2.45, 2.75) is 61.3 Å². The van der Waals surface area contributed by atoms with Crippen LogP contribution in [0.15, 0.2) is 40.2 Å². The molecule has 2 aromatic rings. The second kappa shape index (κ2) is 7.56. The fraction of sp³-hybridized carbons (Fsp3) is 0.583. The molecule has 4 nitrogen and oxygen atoms in total. The summed E-state index contributed by atoms with van der Waals surface area (Å²) in [5.74, 6) is 2.61. The molecule has 1 aromatic carbocycles. The molecule has 1 aromatic heterocycles. The molecule has 5 atom stereocenters. The third-order valence-corrected chi connectivity index (χ3v) is 10.7. The Hall–Kier alpha value is -1.53. The molecule has 2 bridgehead atoms. The maximum absolute atomic E-state index is 13.1. The average Bonchev–Trinajstić information content (AvgIpc) is 3.48. The number of carbonyl (C=O) groups excluding carboxylic acids is 1. The standard InChI is InChI=1S/C24H28N2O2S2/c27-18(25-11-5-2-6-12-25)14-26-23-22(30-24(26)28)19(15-7-3-1-4-8-15)20-16-9-10-17(13-16)21(20)29-23/h1,3-4,7-8,16-17,19-21H,2,5-6,9-14H2/t16?,17?,19-,20?,21?/m0/s1. The van der Waals surface area contributed by atoms with Crippen LogP contribution in [0.5, 0.6) is 0 Å². The zero-order chi connectivity index (χ0) is 20.2. The number of nitrogens with zero attached hydrogens (tertiary/aromatic N) is 2. The van der Waals surface area contributed by atoms with E-state index in [-0.39, 0.29) is 17.3 Å². The summed E-state index contributed by atoms with van der Waals surface area (Å²) < 4.78 is 1.82. The zero-order valence-corrected chi connectivity index (χ0v) is 18.8. The highest BCUT2D eigenvalue weighted by atomic mass is 32.2. The number of thioether (sulfide) groups is 1. The van der Waals surface area contributed by atoms with Crippen LogP contribution in [0, 0.1) is 17.8 Å². The number of thiazole rings is 1. The van der Waals surface area contributed by atoms with E-state index in [1.54, 1.807) is 0 Å². The van der Waals surface area contributed by atoms with Gasteiger partial charge < -0.3 is 4.90 Å². The molecule has 6 rings (SSSR count). The van der Waals surface area contributed by atoms with E-state index in [1.165, 1.54) is 47.5 Å². The molecular weight excluding hydrogens is 412 g/mol. The van der Waals surface area contributed by atoms with Gasteiger partial charge in [-0.15, -0.1) is 11.8 Å². The third kappa shape index (κ3) is 3.01. The molecule has 6 heteroatoms. The van der Waals surface area contributed by atoms with Crippen LogP contribution in [-0.2, 0) is 11.3 Å². The number of amides is 1. The second-order valence-electron chi connectivity index (χ2n) is 9.45. The summed E-state index contributed by atoms with van der Waals surface area (Å²) in [5.41, 5.74) is 1.34. The van der Waals surface area contributed by atoms with Crippen molar-refractivity contribution in [2.75, 3.05) is 13.1 Å². The molecule has 30 heavy (non-hydrogen) atoms. The predicted octanol–water partition coefficient (Wildman–Crippen LogP) is 4.57. The van der Waals surface area contributed by atoms with Gasteiger partial charge in [0.15, 0.2) is 0 Å². The largest absolute Gasteiger partial charge is 0.341 e. The van der Waals surface area contributed by atoms with Crippen molar-refractivity contribution in [1.29, 1.82) is 0 Å². The van der Waals surface area contributed by atoms with Gasteiger partial charge in [-0.25, -0.2) is 0 Å². The monoisotopic (exact) mass is 440 g/mol. The van der Waals surface area contributed by atoms with Gasteiger partial charge in [0.05, 0.1) is 5.03 Å². The fourth-order valence-electron chi connectivity index (χ4n) is 6.50. The Morgan fingerprint density at radius 3 is 2.60 bits per heavy atom. The van der Waals surface area contributed by atoms with E-state index in [0.717, 1.165) is 42.8 Å². The fourth-order valence-corrected chi connectivity index (χ4v) is 9.65. The van der Waals surface area contributed by atoms with Crippen LogP contribution in [-0.4, -0.2) is 33.7 Å². The van der Waals surface area contributed by atoms with Crippen molar-refractivity contribution in [1.82, 2.24) is 9.47 Å². The summed E-state index contributed by atoms with van der Waals surface area (Å²) in [7, 11) is 0. The molecule has 2 aliphatic carbocycles. The smallest absolute Gasteiger partial charge is 0.308 e. The normalized spacial score (nSPS) is 32.1. The van der Waals surface area contributed by atoms with Crippen LogP contribution < -0.4 is 4.87 Å². The van der Waals surface area contributed by atoms with Crippen molar-refractivity contribution in [3.8, 4) is 0 Å². The van der Waals surface area contributed by atoms with Crippen molar-refractivity contribution in [2.24, 2.45) is 17.8 Å². The van der Waals surface area contributed by atoms with Gasteiger partial charge in [-0.05, 0) is 61.8 Å². The zero-order valence-electron chi connectivity index (χ0n) is 17.2. The Bertz CT molecular complexity index is 1010. The number of piperidine rings is 1. The van der Waals surface area contributed by atoms with Crippen LogP contribution in [0.4, 0.5) is 0 Å². The Kier molecular flexibility index (Phi) is 4.83. The average molecular weight is 441 g/mol. The van der Waals surface area contributed by atoms with Gasteiger partial charge >= 0.3 is 4.87 Å². The van der Waals surface area contributed by atoms with Crippen LogP contribution in [0.2, 0.25) is 0 Å². The topological polar surface area (TPSA) is 42.3 Å². The molecule has 158 valence electrons. The van der Waals surface area contributed by atoms with E-state index in [9.17, 15) is 9.59 Å². The van der Waals surface area contributed by atoms with E-state index in [1.807, 2.05) is 21.2 Å². The van der Waals surface area contributed by atoms with Crippen molar-refractivity contribution in [3.05, 3.63) is 50.4 Å². The van der Waals surface area contributed by atoms with E-state index < -0.39 is 0 Å². The van der Waals surface area contributed by atoms with Crippen LogP contribution >= 0.6 is 23.1 Å². The molecule has 3 heterocycles. The first-order chi connectivity index (χ1) is 14.7. The Morgan fingerprint density at radius 2 is 1.80 bits per heavy atom. The first-order valence-corrected chi connectivity index (χ1v) is 13.1. The van der Waals surface area contributed by atoms with Gasteiger partial charge in [0.2, 0.25) is 5.91 Å². The van der Waals surface area contributed by atoms with Crippen molar-refractivity contribution in [3.63, 3.8) is 0 Å². The van der Waals surface area contributed by atoms with Gasteiger partial charge in [0.25, 0.3) is 0 Å². The SMILES string of the molecule is O=C(Cn1c2c(sc1=O)[C@@H](c1ccccc1)C1C3CCC(C3)C1S2)N1CCCCC1. The van der Waals surface area contributed by atoms with Crippen LogP contribution in [0.1, 0.15) is 54.9 Å². The Balaban J connectivity index is 1.40. The quantitative estimate of drug-likeness (QED) is 0.702. The number of hydrogen-bond acceptors (Lipinski definition) is 4. The molecule has 1 saturated heterocycles. The van der Waals surface area contributed by atoms with Crippen LogP contribution in [0.3, 0.4) is 0 Å². The highest BCUT2D eigenvalue weighted by molar-refractivity contribution is 8.00. The predicted molar refractivity (Wildman–Crippen MR) is 121 cm³/mol. The van der Waals surface area contributed by atoms with E-state index in [4.69, 9.17) is 0 Å². The number of carbonyl (C=O) groups is 1. The molecule has 4 unspecified atom stereocenters. The van der Waals surface area contributed by atoms with Gasteiger partial charge in [-0.3, -0.25) is 14.2 Å². The molecule has 0 radical (unpaired) electrons. The lowest BCUT2D eigenvalue weighted by atomic mass is 9.75. The van der Waals surface area contributed by atoms with Gasteiger partial charge in [-0.2, -0.15) is 0 Å².